The molecule has 5 heteroatoms. The lowest BCUT2D eigenvalue weighted by Crippen LogP contribution is -2.23. The molecule has 1 fully saturated rings. The first kappa shape index (κ1) is 15.0. The molecule has 4 nitrogen and oxygen atoms in total. The van der Waals surface area contributed by atoms with Crippen LogP contribution in [0, 0.1) is 0 Å². The van der Waals surface area contributed by atoms with Crippen molar-refractivity contribution in [3.8, 4) is 0 Å². The topological polar surface area (TPSA) is 62.0 Å². The van der Waals surface area contributed by atoms with E-state index in [-0.39, 0.29) is 10.8 Å². The highest BCUT2D eigenvalue weighted by Gasteiger charge is 2.15. The molecule has 116 valence electrons. The Morgan fingerprint density at radius 1 is 1.18 bits per heavy atom. The van der Waals surface area contributed by atoms with Crippen LogP contribution >= 0.6 is 11.3 Å². The SMILES string of the molecule is O=C(NCc1csc(=O)[nH]1)c1ccc(C2CCCCC2)cc1. The molecule has 2 N–H and O–H groups in total. The molecule has 1 amide bonds. The Bertz CT molecular complexity index is 681. The lowest BCUT2D eigenvalue weighted by atomic mass is 9.84. The van der Waals surface area contributed by atoms with E-state index in [1.165, 1.54) is 37.7 Å². The fourth-order valence-corrected chi connectivity index (χ4v) is 3.60. The molecule has 3 rings (SSSR count). The third kappa shape index (κ3) is 3.65. The van der Waals surface area contributed by atoms with Crippen molar-refractivity contribution in [3.63, 3.8) is 0 Å². The number of H-pyrrole nitrogens is 1. The molecular weight excluding hydrogens is 296 g/mol. The van der Waals surface area contributed by atoms with E-state index in [1.54, 1.807) is 5.38 Å². The monoisotopic (exact) mass is 316 g/mol. The van der Waals surface area contributed by atoms with Crippen molar-refractivity contribution in [3.05, 3.63) is 56.1 Å². The van der Waals surface area contributed by atoms with E-state index in [1.807, 2.05) is 12.1 Å². The first-order chi connectivity index (χ1) is 10.7. The molecule has 1 aromatic heterocycles. The molecule has 22 heavy (non-hydrogen) atoms. The van der Waals surface area contributed by atoms with E-state index in [4.69, 9.17) is 0 Å². The van der Waals surface area contributed by atoms with Gasteiger partial charge in [-0.1, -0.05) is 42.7 Å². The van der Waals surface area contributed by atoms with Crippen molar-refractivity contribution in [1.82, 2.24) is 10.3 Å². The largest absolute Gasteiger partial charge is 0.346 e. The Morgan fingerprint density at radius 3 is 2.55 bits per heavy atom. The maximum atomic E-state index is 12.1. The van der Waals surface area contributed by atoms with Gasteiger partial charge in [-0.25, -0.2) is 0 Å². The quantitative estimate of drug-likeness (QED) is 0.908. The Labute approximate surface area is 133 Å². The number of aromatic amines is 1. The first-order valence-electron chi connectivity index (χ1n) is 7.77. The second-order valence-electron chi connectivity index (χ2n) is 5.81. The Hall–Kier alpha value is -1.88. The number of thiazole rings is 1. The highest BCUT2D eigenvalue weighted by molar-refractivity contribution is 7.07. The lowest BCUT2D eigenvalue weighted by Gasteiger charge is -2.22. The molecule has 0 aliphatic heterocycles. The molecule has 1 heterocycles. The van der Waals surface area contributed by atoms with Crippen molar-refractivity contribution in [2.45, 2.75) is 44.6 Å². The minimum atomic E-state index is -0.109. The molecule has 2 aromatic rings. The smallest absolute Gasteiger partial charge is 0.304 e. The summed E-state index contributed by atoms with van der Waals surface area (Å²) >= 11 is 1.11. The molecule has 1 aromatic carbocycles. The van der Waals surface area contributed by atoms with Crippen LogP contribution in [0.1, 0.15) is 59.6 Å². The molecular formula is C17H20N2O2S. The van der Waals surface area contributed by atoms with Gasteiger partial charge in [-0.15, -0.1) is 0 Å². The van der Waals surface area contributed by atoms with Crippen molar-refractivity contribution in [2.75, 3.05) is 0 Å². The third-order valence-electron chi connectivity index (χ3n) is 4.26. The van der Waals surface area contributed by atoms with Gasteiger partial charge in [0, 0.05) is 16.6 Å². The summed E-state index contributed by atoms with van der Waals surface area (Å²) < 4.78 is 0. The van der Waals surface area contributed by atoms with Crippen LogP contribution in [0.15, 0.2) is 34.4 Å². The fraction of sp³-hybridized carbons (Fsp3) is 0.412. The summed E-state index contributed by atoms with van der Waals surface area (Å²) in [6.07, 6.45) is 6.49. The van der Waals surface area contributed by atoms with Crippen LogP contribution in [0.3, 0.4) is 0 Å². The molecule has 0 radical (unpaired) electrons. The number of nitrogens with one attached hydrogen (secondary N) is 2. The summed E-state index contributed by atoms with van der Waals surface area (Å²) in [5.74, 6) is 0.545. The Morgan fingerprint density at radius 2 is 1.91 bits per heavy atom. The summed E-state index contributed by atoms with van der Waals surface area (Å²) in [5.41, 5.74) is 2.75. The lowest BCUT2D eigenvalue weighted by molar-refractivity contribution is 0.0950. The molecule has 0 saturated heterocycles. The average Bonchev–Trinajstić information content (AvgIpc) is 2.99. The van der Waals surface area contributed by atoms with Gasteiger partial charge in [0.1, 0.15) is 0 Å². The van der Waals surface area contributed by atoms with E-state index in [2.05, 4.69) is 22.4 Å². The zero-order chi connectivity index (χ0) is 15.4. The summed E-state index contributed by atoms with van der Waals surface area (Å²) in [7, 11) is 0. The van der Waals surface area contributed by atoms with Gasteiger partial charge < -0.3 is 10.3 Å². The maximum absolute atomic E-state index is 12.1. The normalized spacial score (nSPS) is 15.6. The van der Waals surface area contributed by atoms with Gasteiger partial charge in [-0.05, 0) is 36.5 Å². The van der Waals surface area contributed by atoms with Crippen molar-refractivity contribution in [1.29, 1.82) is 0 Å². The van der Waals surface area contributed by atoms with Crippen LogP contribution in [-0.2, 0) is 6.54 Å². The van der Waals surface area contributed by atoms with Gasteiger partial charge >= 0.3 is 4.87 Å². The number of hydrogen-bond donors (Lipinski definition) is 2. The van der Waals surface area contributed by atoms with Gasteiger partial charge in [0.15, 0.2) is 0 Å². The molecule has 0 unspecified atom stereocenters. The van der Waals surface area contributed by atoms with E-state index in [0.717, 1.165) is 17.0 Å². The first-order valence-corrected chi connectivity index (χ1v) is 8.65. The zero-order valence-electron chi connectivity index (χ0n) is 12.4. The number of carbonyl (C=O) groups is 1. The van der Waals surface area contributed by atoms with E-state index in [9.17, 15) is 9.59 Å². The van der Waals surface area contributed by atoms with Gasteiger partial charge in [0.25, 0.3) is 5.91 Å². The minimum absolute atomic E-state index is 0.0962. The van der Waals surface area contributed by atoms with Crippen LogP contribution in [0.25, 0.3) is 0 Å². The molecule has 1 aliphatic rings. The van der Waals surface area contributed by atoms with Gasteiger partial charge in [-0.3, -0.25) is 9.59 Å². The minimum Gasteiger partial charge on any atom is -0.346 e. The molecule has 0 atom stereocenters. The second-order valence-corrected chi connectivity index (χ2v) is 6.66. The van der Waals surface area contributed by atoms with E-state index in [0.29, 0.717) is 18.0 Å². The van der Waals surface area contributed by atoms with Crippen LogP contribution in [-0.4, -0.2) is 10.9 Å². The third-order valence-corrected chi connectivity index (χ3v) is 4.98. The van der Waals surface area contributed by atoms with E-state index >= 15 is 0 Å². The van der Waals surface area contributed by atoms with Crippen LogP contribution in [0.2, 0.25) is 0 Å². The maximum Gasteiger partial charge on any atom is 0.304 e. The second kappa shape index (κ2) is 6.92. The molecule has 0 spiro atoms. The molecule has 1 aliphatic carbocycles. The zero-order valence-corrected chi connectivity index (χ0v) is 13.2. The van der Waals surface area contributed by atoms with Crippen molar-refractivity contribution >= 4 is 17.2 Å². The van der Waals surface area contributed by atoms with Crippen LogP contribution < -0.4 is 10.2 Å². The van der Waals surface area contributed by atoms with Gasteiger partial charge in [0.05, 0.1) is 6.54 Å². The average molecular weight is 316 g/mol. The number of benzene rings is 1. The fourth-order valence-electron chi connectivity index (χ4n) is 3.02. The number of carbonyl (C=O) groups excluding carboxylic acids is 1. The van der Waals surface area contributed by atoms with Crippen LogP contribution in [0.4, 0.5) is 0 Å². The number of aromatic nitrogens is 1. The van der Waals surface area contributed by atoms with Crippen LogP contribution in [0.5, 0.6) is 0 Å². The number of hydrogen-bond acceptors (Lipinski definition) is 3. The Kier molecular flexibility index (Phi) is 4.73. The summed E-state index contributed by atoms with van der Waals surface area (Å²) in [6, 6.07) is 7.96. The molecule has 0 bridgehead atoms. The number of rotatable bonds is 4. The molecule has 1 saturated carbocycles. The number of amides is 1. The van der Waals surface area contributed by atoms with E-state index < -0.39 is 0 Å². The standard InChI is InChI=1S/C17H20N2O2S/c20-16(18-10-15-11-22-17(21)19-15)14-8-6-13(7-9-14)12-4-2-1-3-5-12/h6-9,11-12H,1-5,10H2,(H,18,20)(H,19,21). The van der Waals surface area contributed by atoms with Gasteiger partial charge in [0.2, 0.25) is 0 Å². The highest BCUT2D eigenvalue weighted by Crippen LogP contribution is 2.32. The summed E-state index contributed by atoms with van der Waals surface area (Å²) in [6.45, 7) is 0.349. The summed E-state index contributed by atoms with van der Waals surface area (Å²) in [5, 5.41) is 4.56. The summed E-state index contributed by atoms with van der Waals surface area (Å²) in [4.78, 5) is 25.7. The van der Waals surface area contributed by atoms with Crippen molar-refractivity contribution < 1.29 is 4.79 Å². The van der Waals surface area contributed by atoms with Gasteiger partial charge in [-0.2, -0.15) is 0 Å². The predicted octanol–water partition coefficient (Wildman–Crippen LogP) is 3.41. The highest BCUT2D eigenvalue weighted by atomic mass is 32.1. The van der Waals surface area contributed by atoms with Crippen molar-refractivity contribution in [2.24, 2.45) is 0 Å². The Balaban J connectivity index is 1.59. The predicted molar refractivity (Wildman–Crippen MR) is 88.4 cm³/mol.